The summed E-state index contributed by atoms with van der Waals surface area (Å²) in [5.74, 6) is -1.82. The highest BCUT2D eigenvalue weighted by Gasteiger charge is 2.46. The highest BCUT2D eigenvalue weighted by atomic mass is 16.7. The smallest absolute Gasteiger partial charge is 0.305 e. The first-order valence-corrected chi connectivity index (χ1v) is 11.5. The van der Waals surface area contributed by atoms with Crippen molar-refractivity contribution in [2.45, 2.75) is 96.2 Å². The fourth-order valence-electron chi connectivity index (χ4n) is 4.61. The van der Waals surface area contributed by atoms with Gasteiger partial charge in [-0.05, 0) is 44.9 Å². The Bertz CT molecular complexity index is 629. The summed E-state index contributed by atoms with van der Waals surface area (Å²) in [4.78, 5) is 46.6. The number of rotatable bonds is 12. The lowest BCUT2D eigenvalue weighted by atomic mass is 9.88. The summed E-state index contributed by atoms with van der Waals surface area (Å²) in [6, 6.07) is 0. The minimum absolute atomic E-state index is 0.238. The van der Waals surface area contributed by atoms with Crippen molar-refractivity contribution >= 4 is 24.2 Å². The summed E-state index contributed by atoms with van der Waals surface area (Å²) in [5.41, 5.74) is 0. The molecule has 2 fully saturated rings. The third-order valence-corrected chi connectivity index (χ3v) is 6.09. The summed E-state index contributed by atoms with van der Waals surface area (Å²) < 4.78 is 27.3. The quantitative estimate of drug-likeness (QED) is 0.248. The maximum Gasteiger partial charge on any atom is 0.305 e. The molecule has 1 saturated carbocycles. The van der Waals surface area contributed by atoms with E-state index in [1.807, 2.05) is 0 Å². The van der Waals surface area contributed by atoms with E-state index in [4.69, 9.17) is 18.9 Å². The molecule has 0 amide bonds. The molecule has 6 atom stereocenters. The lowest BCUT2D eigenvalue weighted by Crippen LogP contribution is -2.32. The zero-order valence-corrected chi connectivity index (χ0v) is 19.3. The molecule has 1 aliphatic carbocycles. The van der Waals surface area contributed by atoms with Gasteiger partial charge in [0.2, 0.25) is 0 Å². The average molecular weight is 457 g/mol. The van der Waals surface area contributed by atoms with Gasteiger partial charge in [-0.2, -0.15) is 0 Å². The summed E-state index contributed by atoms with van der Waals surface area (Å²) in [6.07, 6.45) is 4.75. The van der Waals surface area contributed by atoms with Gasteiger partial charge in [-0.15, -0.1) is 0 Å². The van der Waals surface area contributed by atoms with E-state index >= 15 is 0 Å². The molecule has 0 spiro atoms. The standard InChI is InChI=1S/C23H36O9/c1-15(25)30-17(7-6-8-22(27)28-3)10-11-18-19(14-24)21(13-20(18)31-16(2)26)32-23-9-4-5-12-29-23/h14,17-21,23H,4-13H2,1-3H3. The van der Waals surface area contributed by atoms with Gasteiger partial charge in [0, 0.05) is 45.1 Å². The van der Waals surface area contributed by atoms with E-state index in [-0.39, 0.29) is 24.6 Å². The van der Waals surface area contributed by atoms with Crippen molar-refractivity contribution in [3.05, 3.63) is 0 Å². The lowest BCUT2D eigenvalue weighted by Gasteiger charge is -2.28. The Morgan fingerprint density at radius 2 is 1.88 bits per heavy atom. The van der Waals surface area contributed by atoms with Gasteiger partial charge >= 0.3 is 17.9 Å². The minimum Gasteiger partial charge on any atom is -0.469 e. The van der Waals surface area contributed by atoms with Crippen LogP contribution in [0.5, 0.6) is 0 Å². The number of carbonyl (C=O) groups is 4. The molecule has 0 bridgehead atoms. The zero-order chi connectivity index (χ0) is 23.5. The summed E-state index contributed by atoms with van der Waals surface area (Å²) in [5, 5.41) is 0. The number of esters is 3. The lowest BCUT2D eigenvalue weighted by molar-refractivity contribution is -0.195. The van der Waals surface area contributed by atoms with Gasteiger partial charge in [0.15, 0.2) is 6.29 Å². The van der Waals surface area contributed by atoms with Crippen molar-refractivity contribution in [3.63, 3.8) is 0 Å². The van der Waals surface area contributed by atoms with Crippen LogP contribution in [0.3, 0.4) is 0 Å². The van der Waals surface area contributed by atoms with Crippen LogP contribution in [0.4, 0.5) is 0 Å². The van der Waals surface area contributed by atoms with E-state index in [9.17, 15) is 19.2 Å². The number of methoxy groups -OCH3 is 1. The van der Waals surface area contributed by atoms with Gasteiger partial charge in [0.25, 0.3) is 0 Å². The molecule has 0 aromatic heterocycles. The van der Waals surface area contributed by atoms with Crippen LogP contribution in [-0.2, 0) is 42.9 Å². The molecule has 2 rings (SSSR count). The second-order valence-corrected chi connectivity index (χ2v) is 8.51. The van der Waals surface area contributed by atoms with Gasteiger partial charge in [-0.1, -0.05) is 0 Å². The molecule has 0 aromatic rings. The molecule has 2 aliphatic rings. The SMILES string of the molecule is COC(=O)CCCC(CCC1C(OC(C)=O)CC(OC2CCCCO2)C1C=O)OC(C)=O. The Balaban J connectivity index is 2.01. The third kappa shape index (κ3) is 8.50. The Morgan fingerprint density at radius 3 is 2.47 bits per heavy atom. The Morgan fingerprint density at radius 1 is 1.09 bits per heavy atom. The molecule has 9 nitrogen and oxygen atoms in total. The summed E-state index contributed by atoms with van der Waals surface area (Å²) in [6.45, 7) is 3.32. The van der Waals surface area contributed by atoms with Crippen molar-refractivity contribution in [2.75, 3.05) is 13.7 Å². The molecule has 6 unspecified atom stereocenters. The summed E-state index contributed by atoms with van der Waals surface area (Å²) >= 11 is 0. The molecule has 182 valence electrons. The molecule has 0 radical (unpaired) electrons. The van der Waals surface area contributed by atoms with Crippen LogP contribution < -0.4 is 0 Å². The normalized spacial score (nSPS) is 28.5. The highest BCUT2D eigenvalue weighted by Crippen LogP contribution is 2.40. The maximum atomic E-state index is 12.0. The minimum atomic E-state index is -0.454. The fourth-order valence-corrected chi connectivity index (χ4v) is 4.61. The van der Waals surface area contributed by atoms with Gasteiger partial charge in [0.1, 0.15) is 18.5 Å². The molecule has 1 saturated heterocycles. The van der Waals surface area contributed by atoms with E-state index in [1.165, 1.54) is 21.0 Å². The Hall–Kier alpha value is -2.00. The molecule has 0 aromatic carbocycles. The van der Waals surface area contributed by atoms with Crippen LogP contribution in [-0.4, -0.2) is 62.5 Å². The van der Waals surface area contributed by atoms with Gasteiger partial charge < -0.3 is 28.5 Å². The molecular formula is C23H36O9. The predicted octanol–water partition coefficient (Wildman–Crippen LogP) is 2.72. The van der Waals surface area contributed by atoms with E-state index < -0.39 is 36.2 Å². The summed E-state index contributed by atoms with van der Waals surface area (Å²) in [7, 11) is 1.33. The second-order valence-electron chi connectivity index (χ2n) is 8.51. The van der Waals surface area contributed by atoms with Crippen molar-refractivity contribution < 1.29 is 42.9 Å². The molecule has 0 N–H and O–H groups in total. The van der Waals surface area contributed by atoms with Crippen LogP contribution in [0.1, 0.15) is 71.6 Å². The molecule has 1 aliphatic heterocycles. The molecule has 1 heterocycles. The largest absolute Gasteiger partial charge is 0.469 e. The van der Waals surface area contributed by atoms with Gasteiger partial charge in [-0.3, -0.25) is 14.4 Å². The number of carbonyl (C=O) groups excluding carboxylic acids is 4. The number of aldehydes is 1. The number of hydrogen-bond acceptors (Lipinski definition) is 9. The average Bonchev–Trinajstić information content (AvgIpc) is 3.06. The van der Waals surface area contributed by atoms with Gasteiger partial charge in [-0.25, -0.2) is 0 Å². The third-order valence-electron chi connectivity index (χ3n) is 6.09. The van der Waals surface area contributed by atoms with Crippen LogP contribution in [0.15, 0.2) is 0 Å². The van der Waals surface area contributed by atoms with Crippen molar-refractivity contribution in [1.29, 1.82) is 0 Å². The second kappa shape index (κ2) is 13.5. The van der Waals surface area contributed by atoms with E-state index in [0.29, 0.717) is 38.7 Å². The Labute approximate surface area is 189 Å². The molecule has 9 heteroatoms. The van der Waals surface area contributed by atoms with E-state index in [1.54, 1.807) is 0 Å². The van der Waals surface area contributed by atoms with Gasteiger partial charge in [0.05, 0.1) is 13.2 Å². The molecular weight excluding hydrogens is 420 g/mol. The number of ether oxygens (including phenoxy) is 5. The van der Waals surface area contributed by atoms with Crippen molar-refractivity contribution in [1.82, 2.24) is 0 Å². The monoisotopic (exact) mass is 456 g/mol. The number of hydrogen-bond donors (Lipinski definition) is 0. The first-order chi connectivity index (χ1) is 15.3. The van der Waals surface area contributed by atoms with Crippen LogP contribution in [0.2, 0.25) is 0 Å². The maximum absolute atomic E-state index is 12.0. The molecule has 32 heavy (non-hydrogen) atoms. The zero-order valence-electron chi connectivity index (χ0n) is 19.3. The van der Waals surface area contributed by atoms with Crippen LogP contribution >= 0.6 is 0 Å². The fraction of sp³-hybridized carbons (Fsp3) is 0.826. The first-order valence-electron chi connectivity index (χ1n) is 11.5. The van der Waals surface area contributed by atoms with Crippen LogP contribution in [0.25, 0.3) is 0 Å². The highest BCUT2D eigenvalue weighted by molar-refractivity contribution is 5.69. The predicted molar refractivity (Wildman–Crippen MR) is 112 cm³/mol. The van der Waals surface area contributed by atoms with E-state index in [0.717, 1.165) is 25.5 Å². The van der Waals surface area contributed by atoms with Crippen molar-refractivity contribution in [3.8, 4) is 0 Å². The first kappa shape index (κ1) is 26.3. The Kier molecular flexibility index (Phi) is 11.1. The van der Waals surface area contributed by atoms with Crippen molar-refractivity contribution in [2.24, 2.45) is 11.8 Å². The van der Waals surface area contributed by atoms with E-state index in [2.05, 4.69) is 4.74 Å². The topological polar surface area (TPSA) is 114 Å². The van der Waals surface area contributed by atoms with Crippen LogP contribution in [0, 0.1) is 11.8 Å².